The third-order valence-electron chi connectivity index (χ3n) is 5.14. The maximum atomic E-state index is 11.0. The molecule has 0 spiro atoms. The second-order valence-corrected chi connectivity index (χ2v) is 10.0. The molecule has 0 heterocycles. The third-order valence-corrected chi connectivity index (χ3v) is 7.21. The van der Waals surface area contributed by atoms with Crippen molar-refractivity contribution in [3.63, 3.8) is 0 Å². The van der Waals surface area contributed by atoms with Gasteiger partial charge in [0.1, 0.15) is 0 Å². The highest BCUT2D eigenvalue weighted by Crippen LogP contribution is 2.15. The summed E-state index contributed by atoms with van der Waals surface area (Å²) in [5.41, 5.74) is 0. The Morgan fingerprint density at radius 1 is 0.536 bits per heavy atom. The Morgan fingerprint density at radius 3 is 1.11 bits per heavy atom. The van der Waals surface area contributed by atoms with Crippen molar-refractivity contribution >= 4 is 21.2 Å². The molecular formula is C23H46O4Si. The van der Waals surface area contributed by atoms with Gasteiger partial charge in [-0.25, -0.2) is 0 Å². The number of unbranched alkanes of at least 4 members (excludes halogenated alkanes) is 16. The van der Waals surface area contributed by atoms with Crippen molar-refractivity contribution in [2.45, 2.75) is 136 Å². The van der Waals surface area contributed by atoms with Crippen LogP contribution in [0.2, 0.25) is 6.04 Å². The van der Waals surface area contributed by atoms with Crippen LogP contribution >= 0.6 is 0 Å². The Hall–Kier alpha value is -0.843. The van der Waals surface area contributed by atoms with E-state index < -0.39 is 9.28 Å². The Labute approximate surface area is 176 Å². The summed E-state index contributed by atoms with van der Waals surface area (Å²) in [5.74, 6) is -0.685. The van der Waals surface area contributed by atoms with E-state index in [1.807, 2.05) is 0 Å². The van der Waals surface area contributed by atoms with Crippen molar-refractivity contribution in [2.24, 2.45) is 0 Å². The molecule has 0 aliphatic heterocycles. The van der Waals surface area contributed by atoms with E-state index in [0.29, 0.717) is 0 Å². The molecule has 0 aromatic heterocycles. The van der Waals surface area contributed by atoms with Crippen LogP contribution in [-0.4, -0.2) is 21.2 Å². The predicted molar refractivity (Wildman–Crippen MR) is 120 cm³/mol. The highest BCUT2D eigenvalue weighted by atomic mass is 28.3. The summed E-state index contributed by atoms with van der Waals surface area (Å²) in [6, 6.07) is 0.734. The highest BCUT2D eigenvalue weighted by Gasteiger charge is 2.19. The van der Waals surface area contributed by atoms with Crippen LogP contribution in [0.25, 0.3) is 0 Å². The molecule has 4 nitrogen and oxygen atoms in total. The first-order valence-electron chi connectivity index (χ1n) is 11.9. The molecule has 0 saturated heterocycles. The normalized spacial score (nSPS) is 11.0. The zero-order valence-electron chi connectivity index (χ0n) is 18.9. The summed E-state index contributed by atoms with van der Waals surface area (Å²) >= 11 is 0. The third kappa shape index (κ3) is 21.5. The molecule has 5 heteroatoms. The van der Waals surface area contributed by atoms with Gasteiger partial charge >= 0.3 is 9.28 Å². The van der Waals surface area contributed by atoms with Gasteiger partial charge in [-0.2, -0.15) is 0 Å². The summed E-state index contributed by atoms with van der Waals surface area (Å²) in [5, 5.41) is 0. The number of carbonyl (C=O) groups excluding carboxylic acids is 2. The van der Waals surface area contributed by atoms with Gasteiger partial charge in [0.05, 0.1) is 0 Å². The number of hydrogen-bond acceptors (Lipinski definition) is 4. The minimum absolute atomic E-state index is 0.343. The van der Waals surface area contributed by atoms with E-state index in [0.717, 1.165) is 18.9 Å². The molecule has 0 aromatic rings. The average Bonchev–Trinajstić information content (AvgIpc) is 2.63. The maximum Gasteiger partial charge on any atom is 0.448 e. The van der Waals surface area contributed by atoms with Gasteiger partial charge in [0, 0.05) is 19.9 Å². The van der Waals surface area contributed by atoms with E-state index in [4.69, 9.17) is 8.85 Å². The van der Waals surface area contributed by atoms with E-state index in [-0.39, 0.29) is 11.9 Å². The molecule has 0 aromatic carbocycles. The van der Waals surface area contributed by atoms with Gasteiger partial charge in [0.15, 0.2) is 0 Å². The Balaban J connectivity index is 3.30. The van der Waals surface area contributed by atoms with Crippen molar-refractivity contribution in [3.8, 4) is 0 Å². The van der Waals surface area contributed by atoms with Gasteiger partial charge in [-0.3, -0.25) is 9.59 Å². The van der Waals surface area contributed by atoms with Gasteiger partial charge in [-0.1, -0.05) is 110 Å². The molecule has 0 rings (SSSR count). The van der Waals surface area contributed by atoms with Gasteiger partial charge in [0.2, 0.25) is 0 Å². The van der Waals surface area contributed by atoms with Crippen LogP contribution in [-0.2, 0) is 18.4 Å². The fourth-order valence-electron chi connectivity index (χ4n) is 3.55. The zero-order valence-corrected chi connectivity index (χ0v) is 20.1. The molecule has 0 atom stereocenters. The number of carbonyl (C=O) groups is 2. The molecule has 0 bridgehead atoms. The minimum atomic E-state index is -2.14. The molecule has 0 radical (unpaired) electrons. The summed E-state index contributed by atoms with van der Waals surface area (Å²) in [6.07, 6.45) is 22.8. The predicted octanol–water partition coefficient (Wildman–Crippen LogP) is 6.98. The van der Waals surface area contributed by atoms with Gasteiger partial charge < -0.3 is 8.85 Å². The first-order chi connectivity index (χ1) is 13.6. The van der Waals surface area contributed by atoms with E-state index in [1.54, 1.807) is 0 Å². The van der Waals surface area contributed by atoms with Crippen molar-refractivity contribution in [2.75, 3.05) is 0 Å². The van der Waals surface area contributed by atoms with Gasteiger partial charge in [0.25, 0.3) is 11.9 Å². The van der Waals surface area contributed by atoms with Crippen molar-refractivity contribution in [3.05, 3.63) is 0 Å². The van der Waals surface area contributed by atoms with Gasteiger partial charge in [-0.05, 0) is 6.42 Å². The second-order valence-electron chi connectivity index (χ2n) is 8.09. The average molecular weight is 415 g/mol. The summed E-state index contributed by atoms with van der Waals surface area (Å²) in [4.78, 5) is 22.1. The molecule has 0 saturated carbocycles. The fourth-order valence-corrected chi connectivity index (χ4v) is 5.19. The lowest BCUT2D eigenvalue weighted by molar-refractivity contribution is -0.137. The van der Waals surface area contributed by atoms with Crippen molar-refractivity contribution in [1.82, 2.24) is 0 Å². The minimum Gasteiger partial charge on any atom is -0.487 e. The van der Waals surface area contributed by atoms with E-state index in [2.05, 4.69) is 6.92 Å². The molecule has 0 amide bonds. The zero-order chi connectivity index (χ0) is 20.9. The largest absolute Gasteiger partial charge is 0.487 e. The lowest BCUT2D eigenvalue weighted by Crippen LogP contribution is -2.27. The lowest BCUT2D eigenvalue weighted by Gasteiger charge is -2.14. The standard InChI is InChI=1S/C23H46O4Si/c1-4-5-6-7-8-9-10-11-12-13-14-15-16-17-18-19-20-21-28(26-22(2)24)27-23(3)25/h28H,4-21H2,1-3H3. The number of rotatable bonds is 20. The van der Waals surface area contributed by atoms with Crippen molar-refractivity contribution < 1.29 is 18.4 Å². The Kier molecular flexibility index (Phi) is 20.3. The summed E-state index contributed by atoms with van der Waals surface area (Å²) in [7, 11) is -2.14. The van der Waals surface area contributed by atoms with Crippen LogP contribution in [0, 0.1) is 0 Å². The van der Waals surface area contributed by atoms with Crippen molar-refractivity contribution in [1.29, 1.82) is 0 Å². The van der Waals surface area contributed by atoms with E-state index in [9.17, 15) is 9.59 Å². The SMILES string of the molecule is CCCCCCCCCCCCCCCCCCC[SiH](OC(C)=O)OC(C)=O. The van der Waals surface area contributed by atoms with Crippen LogP contribution in [0.3, 0.4) is 0 Å². The molecule has 28 heavy (non-hydrogen) atoms. The maximum absolute atomic E-state index is 11.0. The Bertz CT molecular complexity index is 358. The van der Waals surface area contributed by atoms with Crippen LogP contribution in [0.1, 0.15) is 130 Å². The van der Waals surface area contributed by atoms with Crippen LogP contribution in [0.4, 0.5) is 0 Å². The summed E-state index contributed by atoms with van der Waals surface area (Å²) < 4.78 is 10.3. The van der Waals surface area contributed by atoms with Crippen LogP contribution in [0.15, 0.2) is 0 Å². The number of hydrogen-bond donors (Lipinski definition) is 0. The quantitative estimate of drug-likeness (QED) is 0.159. The van der Waals surface area contributed by atoms with Gasteiger partial charge in [-0.15, -0.1) is 0 Å². The molecule has 0 aliphatic carbocycles. The van der Waals surface area contributed by atoms with Crippen LogP contribution in [0.5, 0.6) is 0 Å². The smallest absolute Gasteiger partial charge is 0.448 e. The monoisotopic (exact) mass is 414 g/mol. The topological polar surface area (TPSA) is 52.6 Å². The second kappa shape index (κ2) is 20.9. The molecule has 0 fully saturated rings. The first-order valence-corrected chi connectivity index (χ1v) is 13.7. The lowest BCUT2D eigenvalue weighted by atomic mass is 10.0. The van der Waals surface area contributed by atoms with Crippen LogP contribution < -0.4 is 0 Å². The molecular weight excluding hydrogens is 368 g/mol. The molecule has 0 aliphatic rings. The highest BCUT2D eigenvalue weighted by molar-refractivity contribution is 6.48. The van der Waals surface area contributed by atoms with E-state index >= 15 is 0 Å². The molecule has 166 valence electrons. The van der Waals surface area contributed by atoms with E-state index in [1.165, 1.54) is 110 Å². The molecule has 0 N–H and O–H groups in total. The summed E-state index contributed by atoms with van der Waals surface area (Å²) in [6.45, 7) is 5.02. The Morgan fingerprint density at radius 2 is 0.821 bits per heavy atom. The first kappa shape index (κ1) is 27.2. The fraction of sp³-hybridized carbons (Fsp3) is 0.913. The molecule has 0 unspecified atom stereocenters.